The van der Waals surface area contributed by atoms with Crippen LogP contribution in [-0.4, -0.2) is 18.2 Å². The molecule has 0 fully saturated rings. The molecule has 0 N–H and O–H groups in total. The third-order valence-electron chi connectivity index (χ3n) is 1.81. The molecule has 0 atom stereocenters. The maximum absolute atomic E-state index is 11.6. The van der Waals surface area contributed by atoms with E-state index < -0.39 is 9.84 Å². The molecule has 0 saturated heterocycles. The molecular weight excluding hydrogens is 174 g/mol. The van der Waals surface area contributed by atoms with Crippen molar-refractivity contribution < 1.29 is 8.42 Å². The first-order valence-electron chi connectivity index (χ1n) is 3.81. The number of aryl methyl sites for hydroxylation is 1. The van der Waals surface area contributed by atoms with Gasteiger partial charge in [-0.1, -0.05) is 0 Å². The van der Waals surface area contributed by atoms with Crippen LogP contribution in [0.4, 0.5) is 0 Å². The number of sulfone groups is 1. The lowest BCUT2D eigenvalue weighted by atomic mass is 10.6. The van der Waals surface area contributed by atoms with E-state index in [-0.39, 0.29) is 5.25 Å². The SMILES string of the molecule is CC(C)S(=O)(=O)c1cccn1C. The number of aromatic nitrogens is 1. The van der Waals surface area contributed by atoms with Crippen LogP contribution >= 0.6 is 0 Å². The zero-order chi connectivity index (χ0) is 9.35. The first-order valence-corrected chi connectivity index (χ1v) is 5.36. The van der Waals surface area contributed by atoms with Crippen molar-refractivity contribution in [3.05, 3.63) is 18.3 Å². The van der Waals surface area contributed by atoms with E-state index in [0.29, 0.717) is 5.03 Å². The van der Waals surface area contributed by atoms with Crippen LogP contribution in [-0.2, 0) is 16.9 Å². The number of rotatable bonds is 2. The third-order valence-corrected chi connectivity index (χ3v) is 4.06. The molecule has 0 spiro atoms. The summed E-state index contributed by atoms with van der Waals surface area (Å²) < 4.78 is 24.8. The average Bonchev–Trinajstić information content (AvgIpc) is 2.35. The zero-order valence-electron chi connectivity index (χ0n) is 7.48. The Bertz CT molecular complexity index is 362. The first-order chi connectivity index (χ1) is 5.46. The van der Waals surface area contributed by atoms with Crippen molar-refractivity contribution >= 4 is 9.84 Å². The molecule has 3 nitrogen and oxygen atoms in total. The van der Waals surface area contributed by atoms with Gasteiger partial charge in [0.25, 0.3) is 0 Å². The van der Waals surface area contributed by atoms with Crippen LogP contribution in [0.1, 0.15) is 13.8 Å². The number of hydrogen-bond donors (Lipinski definition) is 0. The molecule has 0 unspecified atom stereocenters. The Morgan fingerprint density at radius 3 is 2.33 bits per heavy atom. The lowest BCUT2D eigenvalue weighted by molar-refractivity contribution is 0.577. The van der Waals surface area contributed by atoms with Gasteiger partial charge in [0.2, 0.25) is 0 Å². The first kappa shape index (κ1) is 9.32. The summed E-state index contributed by atoms with van der Waals surface area (Å²) in [6, 6.07) is 3.35. The van der Waals surface area contributed by atoms with Crippen LogP contribution in [0, 0.1) is 0 Å². The Balaban J connectivity index is 3.24. The summed E-state index contributed by atoms with van der Waals surface area (Å²) in [5.74, 6) is 0. The van der Waals surface area contributed by atoms with Gasteiger partial charge in [-0.3, -0.25) is 0 Å². The van der Waals surface area contributed by atoms with Crippen molar-refractivity contribution in [1.82, 2.24) is 4.57 Å². The second kappa shape index (κ2) is 2.94. The standard InChI is InChI=1S/C8H13NO2S/c1-7(2)12(10,11)8-5-4-6-9(8)3/h4-7H,1-3H3. The molecule has 1 heterocycles. The quantitative estimate of drug-likeness (QED) is 0.698. The molecule has 12 heavy (non-hydrogen) atoms. The Morgan fingerprint density at radius 1 is 1.42 bits per heavy atom. The minimum atomic E-state index is -3.10. The van der Waals surface area contributed by atoms with Crippen LogP contribution in [0.5, 0.6) is 0 Å². The Hall–Kier alpha value is -0.770. The van der Waals surface area contributed by atoms with E-state index in [0.717, 1.165) is 0 Å². The molecule has 0 saturated carbocycles. The molecule has 0 bridgehead atoms. The molecular formula is C8H13NO2S. The van der Waals surface area contributed by atoms with E-state index in [1.165, 1.54) is 0 Å². The maximum atomic E-state index is 11.6. The summed E-state index contributed by atoms with van der Waals surface area (Å²) in [4.78, 5) is 0. The second-order valence-electron chi connectivity index (χ2n) is 3.05. The van der Waals surface area contributed by atoms with E-state index in [1.807, 2.05) is 0 Å². The number of nitrogens with zero attached hydrogens (tertiary/aromatic N) is 1. The topological polar surface area (TPSA) is 39.1 Å². The summed E-state index contributed by atoms with van der Waals surface area (Å²) in [5, 5.41) is 0.0311. The third kappa shape index (κ3) is 1.39. The fourth-order valence-electron chi connectivity index (χ4n) is 0.983. The largest absolute Gasteiger partial charge is 0.342 e. The van der Waals surface area contributed by atoms with Crippen molar-refractivity contribution in [2.24, 2.45) is 7.05 Å². The van der Waals surface area contributed by atoms with Gasteiger partial charge in [0, 0.05) is 13.2 Å². The molecule has 0 aliphatic rings. The molecule has 4 heteroatoms. The average molecular weight is 187 g/mol. The normalized spacial score (nSPS) is 12.3. The van der Waals surface area contributed by atoms with Gasteiger partial charge in [0.15, 0.2) is 9.84 Å². The molecule has 0 radical (unpaired) electrons. The fraction of sp³-hybridized carbons (Fsp3) is 0.500. The van der Waals surface area contributed by atoms with Crippen LogP contribution in [0.25, 0.3) is 0 Å². The highest BCUT2D eigenvalue weighted by Gasteiger charge is 2.20. The van der Waals surface area contributed by atoms with Crippen LogP contribution in [0.15, 0.2) is 23.4 Å². The van der Waals surface area contributed by atoms with Crippen LogP contribution < -0.4 is 0 Å². The van der Waals surface area contributed by atoms with Crippen molar-refractivity contribution in [3.8, 4) is 0 Å². The lowest BCUT2D eigenvalue weighted by Gasteiger charge is -2.07. The van der Waals surface area contributed by atoms with Crippen molar-refractivity contribution in [1.29, 1.82) is 0 Å². The van der Waals surface area contributed by atoms with Gasteiger partial charge in [-0.15, -0.1) is 0 Å². The van der Waals surface area contributed by atoms with Crippen molar-refractivity contribution in [2.45, 2.75) is 24.1 Å². The summed E-state index contributed by atoms with van der Waals surface area (Å²) in [6.07, 6.45) is 1.73. The van der Waals surface area contributed by atoms with E-state index in [9.17, 15) is 8.42 Å². The van der Waals surface area contributed by atoms with E-state index in [2.05, 4.69) is 0 Å². The highest BCUT2D eigenvalue weighted by atomic mass is 32.2. The van der Waals surface area contributed by atoms with E-state index in [1.54, 1.807) is 43.8 Å². The minimum absolute atomic E-state index is 0.355. The highest BCUT2D eigenvalue weighted by Crippen LogP contribution is 2.14. The molecule has 68 valence electrons. The maximum Gasteiger partial charge on any atom is 0.196 e. The highest BCUT2D eigenvalue weighted by molar-refractivity contribution is 7.91. The summed E-state index contributed by atoms with van der Waals surface area (Å²) in [7, 11) is -1.37. The predicted octanol–water partition coefficient (Wildman–Crippen LogP) is 1.21. The number of hydrogen-bond acceptors (Lipinski definition) is 2. The predicted molar refractivity (Wildman–Crippen MR) is 47.7 cm³/mol. The van der Waals surface area contributed by atoms with E-state index >= 15 is 0 Å². The Labute approximate surface area is 72.9 Å². The molecule has 1 rings (SSSR count). The second-order valence-corrected chi connectivity index (χ2v) is 5.50. The van der Waals surface area contributed by atoms with Gasteiger partial charge < -0.3 is 4.57 Å². The van der Waals surface area contributed by atoms with Crippen molar-refractivity contribution in [2.75, 3.05) is 0 Å². The summed E-state index contributed by atoms with van der Waals surface area (Å²) >= 11 is 0. The Morgan fingerprint density at radius 2 is 2.00 bits per heavy atom. The van der Waals surface area contributed by atoms with Gasteiger partial charge in [0.1, 0.15) is 5.03 Å². The van der Waals surface area contributed by atoms with Gasteiger partial charge in [-0.2, -0.15) is 0 Å². The molecule has 0 amide bonds. The molecule has 0 aliphatic heterocycles. The molecule has 1 aromatic heterocycles. The van der Waals surface area contributed by atoms with E-state index in [4.69, 9.17) is 0 Å². The van der Waals surface area contributed by atoms with Gasteiger partial charge in [-0.25, -0.2) is 8.42 Å². The molecule has 1 aromatic rings. The summed E-state index contributed by atoms with van der Waals surface area (Å²) in [5.41, 5.74) is 0. The van der Waals surface area contributed by atoms with Gasteiger partial charge in [-0.05, 0) is 26.0 Å². The van der Waals surface area contributed by atoms with Gasteiger partial charge >= 0.3 is 0 Å². The molecule has 0 aliphatic carbocycles. The van der Waals surface area contributed by atoms with Crippen LogP contribution in [0.3, 0.4) is 0 Å². The van der Waals surface area contributed by atoms with Crippen LogP contribution in [0.2, 0.25) is 0 Å². The lowest BCUT2D eigenvalue weighted by Crippen LogP contribution is -2.16. The smallest absolute Gasteiger partial charge is 0.196 e. The molecule has 0 aromatic carbocycles. The minimum Gasteiger partial charge on any atom is -0.342 e. The fourth-order valence-corrected chi connectivity index (χ4v) is 2.20. The van der Waals surface area contributed by atoms with Crippen molar-refractivity contribution in [3.63, 3.8) is 0 Å². The monoisotopic (exact) mass is 187 g/mol. The van der Waals surface area contributed by atoms with Gasteiger partial charge in [0.05, 0.1) is 5.25 Å². The summed E-state index contributed by atoms with van der Waals surface area (Å²) in [6.45, 7) is 3.37. The Kier molecular flexibility index (Phi) is 2.28. The zero-order valence-corrected chi connectivity index (χ0v) is 8.30.